The summed E-state index contributed by atoms with van der Waals surface area (Å²) in [4.78, 5) is 10.4. The number of nitrogens with one attached hydrogen (secondary N) is 1. The molecule has 0 bridgehead atoms. The van der Waals surface area contributed by atoms with Crippen molar-refractivity contribution in [1.29, 1.82) is 0 Å². The third-order valence-corrected chi connectivity index (χ3v) is 4.10. The van der Waals surface area contributed by atoms with E-state index in [0.717, 1.165) is 31.7 Å². The summed E-state index contributed by atoms with van der Waals surface area (Å²) in [6.45, 7) is 3.96. The van der Waals surface area contributed by atoms with Crippen LogP contribution in [0.4, 0.5) is 17.5 Å². The van der Waals surface area contributed by atoms with Gasteiger partial charge in [0.25, 0.3) is 0 Å². The molecule has 2 heterocycles. The van der Waals surface area contributed by atoms with Gasteiger partial charge in [0.1, 0.15) is 11.0 Å². The summed E-state index contributed by atoms with van der Waals surface area (Å²) in [5, 5.41) is 4.00. The molecular formula is C16H20ClN5. The predicted molar refractivity (Wildman–Crippen MR) is 91.5 cm³/mol. The third kappa shape index (κ3) is 3.60. The molecule has 1 aromatic carbocycles. The number of nitrogens with zero attached hydrogens (tertiary/aromatic N) is 3. The molecule has 1 aromatic heterocycles. The summed E-state index contributed by atoms with van der Waals surface area (Å²) in [6, 6.07) is 10.7. The van der Waals surface area contributed by atoms with Crippen LogP contribution in [0.2, 0.25) is 5.15 Å². The van der Waals surface area contributed by atoms with Crippen LogP contribution in [-0.4, -0.2) is 29.1 Å². The number of benzene rings is 1. The number of rotatable bonds is 3. The first-order valence-electron chi connectivity index (χ1n) is 7.48. The molecule has 0 amide bonds. The van der Waals surface area contributed by atoms with Crippen molar-refractivity contribution in [3.05, 3.63) is 41.0 Å². The summed E-state index contributed by atoms with van der Waals surface area (Å²) in [5.41, 5.74) is 8.12. The van der Waals surface area contributed by atoms with Gasteiger partial charge in [-0.3, -0.25) is 0 Å². The Hall–Kier alpha value is -2.01. The van der Waals surface area contributed by atoms with Gasteiger partial charge in [-0.1, -0.05) is 23.7 Å². The van der Waals surface area contributed by atoms with Crippen LogP contribution in [0, 0.1) is 6.92 Å². The van der Waals surface area contributed by atoms with E-state index < -0.39 is 0 Å². The molecule has 22 heavy (non-hydrogen) atoms. The Morgan fingerprint density at radius 2 is 2.00 bits per heavy atom. The smallest absolute Gasteiger partial charge is 0.223 e. The largest absolute Gasteiger partial charge is 0.382 e. The van der Waals surface area contributed by atoms with E-state index in [4.69, 9.17) is 17.3 Å². The second-order valence-electron chi connectivity index (χ2n) is 5.68. The number of aryl methyl sites for hydroxylation is 1. The molecule has 6 heteroatoms. The number of piperidine rings is 1. The second kappa shape index (κ2) is 6.40. The molecule has 1 saturated heterocycles. The van der Waals surface area contributed by atoms with Crippen LogP contribution in [-0.2, 0) is 0 Å². The Labute approximate surface area is 135 Å². The lowest BCUT2D eigenvalue weighted by Crippen LogP contribution is -2.39. The minimum Gasteiger partial charge on any atom is -0.382 e. The van der Waals surface area contributed by atoms with Crippen molar-refractivity contribution in [1.82, 2.24) is 9.97 Å². The molecule has 1 aliphatic heterocycles. The van der Waals surface area contributed by atoms with Crippen LogP contribution < -0.4 is 16.0 Å². The molecule has 0 spiro atoms. The lowest BCUT2D eigenvalue weighted by atomic mass is 10.0. The van der Waals surface area contributed by atoms with Gasteiger partial charge in [0.05, 0.1) is 0 Å². The van der Waals surface area contributed by atoms with Crippen LogP contribution in [0.25, 0.3) is 0 Å². The highest BCUT2D eigenvalue weighted by Crippen LogP contribution is 2.23. The van der Waals surface area contributed by atoms with Gasteiger partial charge in [0.15, 0.2) is 0 Å². The molecule has 0 saturated carbocycles. The van der Waals surface area contributed by atoms with E-state index >= 15 is 0 Å². The van der Waals surface area contributed by atoms with E-state index in [2.05, 4.69) is 51.4 Å². The lowest BCUT2D eigenvalue weighted by Gasteiger charge is -2.33. The first kappa shape index (κ1) is 14.9. The van der Waals surface area contributed by atoms with Crippen LogP contribution in [0.1, 0.15) is 18.4 Å². The molecule has 0 atom stereocenters. The van der Waals surface area contributed by atoms with Crippen LogP contribution in [0.5, 0.6) is 0 Å². The van der Waals surface area contributed by atoms with Crippen molar-refractivity contribution in [2.75, 3.05) is 29.0 Å². The fraction of sp³-hybridized carbons (Fsp3) is 0.375. The van der Waals surface area contributed by atoms with Gasteiger partial charge in [-0.05, 0) is 37.5 Å². The number of anilines is 3. The molecule has 5 nitrogen and oxygen atoms in total. The second-order valence-corrected chi connectivity index (χ2v) is 6.07. The van der Waals surface area contributed by atoms with Gasteiger partial charge in [-0.15, -0.1) is 0 Å². The number of aromatic nitrogens is 2. The highest BCUT2D eigenvalue weighted by molar-refractivity contribution is 6.29. The molecule has 0 radical (unpaired) electrons. The van der Waals surface area contributed by atoms with E-state index in [1.165, 1.54) is 11.3 Å². The summed E-state index contributed by atoms with van der Waals surface area (Å²) in [5.74, 6) is 1.04. The first-order valence-corrected chi connectivity index (χ1v) is 7.86. The fourth-order valence-corrected chi connectivity index (χ4v) is 2.99. The average Bonchev–Trinajstić information content (AvgIpc) is 2.47. The monoisotopic (exact) mass is 317 g/mol. The Morgan fingerprint density at radius 3 is 2.68 bits per heavy atom. The maximum atomic E-state index is 5.95. The highest BCUT2D eigenvalue weighted by Gasteiger charge is 2.20. The Kier molecular flexibility index (Phi) is 4.34. The average molecular weight is 318 g/mol. The van der Waals surface area contributed by atoms with Crippen molar-refractivity contribution in [3.63, 3.8) is 0 Å². The van der Waals surface area contributed by atoms with Crippen LogP contribution in [0.3, 0.4) is 0 Å². The minimum absolute atomic E-state index is 0.225. The molecule has 3 rings (SSSR count). The lowest BCUT2D eigenvalue weighted by molar-refractivity contribution is 0.523. The van der Waals surface area contributed by atoms with Crippen molar-refractivity contribution in [2.45, 2.75) is 25.8 Å². The number of hydrogen-bond acceptors (Lipinski definition) is 5. The number of nitrogen functional groups attached to an aromatic ring is 1. The van der Waals surface area contributed by atoms with Crippen molar-refractivity contribution in [3.8, 4) is 0 Å². The third-order valence-electron chi connectivity index (χ3n) is 3.91. The van der Waals surface area contributed by atoms with Gasteiger partial charge < -0.3 is 16.0 Å². The van der Waals surface area contributed by atoms with Gasteiger partial charge in [-0.2, -0.15) is 4.98 Å². The number of halogens is 1. The van der Waals surface area contributed by atoms with Gasteiger partial charge in [0, 0.05) is 30.9 Å². The molecule has 3 N–H and O–H groups in total. The molecule has 1 fully saturated rings. The number of hydrogen-bond donors (Lipinski definition) is 2. The molecule has 0 unspecified atom stereocenters. The van der Waals surface area contributed by atoms with E-state index in [1.807, 2.05) is 0 Å². The maximum absolute atomic E-state index is 5.95. The Morgan fingerprint density at radius 1 is 1.23 bits per heavy atom. The fourth-order valence-electron chi connectivity index (χ4n) is 2.81. The SMILES string of the molecule is Cc1cccc(NC2CCN(c3cc(Cl)nc(N)n3)CC2)c1. The topological polar surface area (TPSA) is 67.1 Å². The Bertz CT molecular complexity index is 632. The minimum atomic E-state index is 0.225. The summed E-state index contributed by atoms with van der Waals surface area (Å²) in [7, 11) is 0. The van der Waals surface area contributed by atoms with Crippen molar-refractivity contribution < 1.29 is 0 Å². The molecule has 2 aromatic rings. The van der Waals surface area contributed by atoms with Gasteiger partial charge in [0.2, 0.25) is 5.95 Å². The summed E-state index contributed by atoms with van der Waals surface area (Å²) >= 11 is 5.95. The predicted octanol–water partition coefficient (Wildman–Crippen LogP) is 3.10. The first-order chi connectivity index (χ1) is 10.6. The molecular weight excluding hydrogens is 298 g/mol. The Balaban J connectivity index is 1.60. The zero-order chi connectivity index (χ0) is 15.5. The van der Waals surface area contributed by atoms with Crippen molar-refractivity contribution in [2.24, 2.45) is 0 Å². The van der Waals surface area contributed by atoms with E-state index in [1.54, 1.807) is 6.07 Å². The highest BCUT2D eigenvalue weighted by atomic mass is 35.5. The normalized spacial score (nSPS) is 15.8. The molecule has 0 aliphatic carbocycles. The van der Waals surface area contributed by atoms with E-state index in [9.17, 15) is 0 Å². The van der Waals surface area contributed by atoms with Crippen molar-refractivity contribution >= 4 is 29.1 Å². The van der Waals surface area contributed by atoms with Crippen LogP contribution in [0.15, 0.2) is 30.3 Å². The molecule has 1 aliphatic rings. The zero-order valence-electron chi connectivity index (χ0n) is 12.6. The quantitative estimate of drug-likeness (QED) is 0.851. The van der Waals surface area contributed by atoms with E-state index in [0.29, 0.717) is 11.2 Å². The summed E-state index contributed by atoms with van der Waals surface area (Å²) in [6.07, 6.45) is 2.10. The summed E-state index contributed by atoms with van der Waals surface area (Å²) < 4.78 is 0. The van der Waals surface area contributed by atoms with Gasteiger partial charge in [-0.25, -0.2) is 4.98 Å². The van der Waals surface area contributed by atoms with Crippen LogP contribution >= 0.6 is 11.6 Å². The molecule has 116 valence electrons. The van der Waals surface area contributed by atoms with E-state index in [-0.39, 0.29) is 5.95 Å². The standard InChI is InChI=1S/C16H20ClN5/c1-11-3-2-4-13(9-11)19-12-5-7-22(8-6-12)15-10-14(17)20-16(18)21-15/h2-4,9-10,12,19H,5-8H2,1H3,(H2,18,20,21). The number of nitrogens with two attached hydrogens (primary N) is 1. The maximum Gasteiger partial charge on any atom is 0.223 e. The zero-order valence-corrected chi connectivity index (χ0v) is 13.3. The van der Waals surface area contributed by atoms with Gasteiger partial charge >= 0.3 is 0 Å².